The van der Waals surface area contributed by atoms with Crippen LogP contribution in [0.4, 0.5) is 5.69 Å². The first-order valence-corrected chi connectivity index (χ1v) is 10.8. The monoisotopic (exact) mass is 482 g/mol. The van der Waals surface area contributed by atoms with E-state index in [9.17, 15) is 24.5 Å². The van der Waals surface area contributed by atoms with E-state index in [0.29, 0.717) is 4.91 Å². The van der Waals surface area contributed by atoms with Crippen LogP contribution in [0.3, 0.4) is 0 Å². The van der Waals surface area contributed by atoms with Crippen molar-refractivity contribution in [3.63, 3.8) is 0 Å². The molecular formula is C22H18N4O5S2. The van der Waals surface area contributed by atoms with E-state index in [4.69, 9.17) is 12.2 Å². The van der Waals surface area contributed by atoms with Crippen LogP contribution in [0.15, 0.2) is 71.2 Å². The molecule has 168 valence electrons. The molecular weight excluding hydrogens is 464 g/mol. The minimum Gasteiger partial charge on any atom is -0.283 e. The Morgan fingerprint density at radius 3 is 2.48 bits per heavy atom. The van der Waals surface area contributed by atoms with Crippen molar-refractivity contribution in [1.29, 1.82) is 0 Å². The number of thioether (sulfide) groups is 1. The number of nitro benzene ring substituents is 1. The van der Waals surface area contributed by atoms with Crippen LogP contribution in [-0.4, -0.2) is 38.4 Å². The van der Waals surface area contributed by atoms with Crippen LogP contribution in [0.5, 0.6) is 0 Å². The average molecular weight is 483 g/mol. The van der Waals surface area contributed by atoms with Crippen molar-refractivity contribution >= 4 is 57.8 Å². The number of nitrogens with one attached hydrogen (secondary N) is 2. The van der Waals surface area contributed by atoms with Gasteiger partial charge in [0.05, 0.1) is 9.83 Å². The minimum absolute atomic E-state index is 0.207. The summed E-state index contributed by atoms with van der Waals surface area (Å²) >= 11 is 6.29. The topological polar surface area (TPSA) is 122 Å². The molecule has 0 atom stereocenters. The zero-order valence-corrected chi connectivity index (χ0v) is 18.9. The fourth-order valence-electron chi connectivity index (χ4n) is 2.90. The molecule has 0 spiro atoms. The van der Waals surface area contributed by atoms with Gasteiger partial charge in [-0.3, -0.25) is 40.2 Å². The van der Waals surface area contributed by atoms with Crippen LogP contribution in [0.2, 0.25) is 0 Å². The molecule has 3 amide bonds. The highest BCUT2D eigenvalue weighted by molar-refractivity contribution is 8.26. The lowest BCUT2D eigenvalue weighted by molar-refractivity contribution is -0.385. The smallest absolute Gasteiger partial charge is 0.282 e. The Morgan fingerprint density at radius 1 is 1.12 bits per heavy atom. The van der Waals surface area contributed by atoms with E-state index >= 15 is 0 Å². The van der Waals surface area contributed by atoms with Crippen LogP contribution in [-0.2, 0) is 9.59 Å². The molecule has 33 heavy (non-hydrogen) atoms. The zero-order chi connectivity index (χ0) is 24.0. The van der Waals surface area contributed by atoms with E-state index < -0.39 is 34.9 Å². The molecule has 2 aromatic rings. The first kappa shape index (κ1) is 23.8. The summed E-state index contributed by atoms with van der Waals surface area (Å²) < 4.78 is 0.207. The van der Waals surface area contributed by atoms with Gasteiger partial charge < -0.3 is 0 Å². The second kappa shape index (κ2) is 10.7. The number of thiocarbonyl (C=S) groups is 1. The summed E-state index contributed by atoms with van der Waals surface area (Å²) in [5.74, 6) is -2.00. The maximum absolute atomic E-state index is 12.7. The lowest BCUT2D eigenvalue weighted by Gasteiger charge is -2.14. The third-order valence-electron chi connectivity index (χ3n) is 4.39. The predicted molar refractivity (Wildman–Crippen MR) is 129 cm³/mol. The molecule has 0 unspecified atom stereocenters. The second-order valence-electron chi connectivity index (χ2n) is 6.84. The number of benzene rings is 2. The zero-order valence-electron chi connectivity index (χ0n) is 17.3. The summed E-state index contributed by atoms with van der Waals surface area (Å²) in [7, 11) is 0. The van der Waals surface area contributed by atoms with Crippen LogP contribution in [0.1, 0.15) is 22.8 Å². The normalized spacial score (nSPS) is 15.0. The van der Waals surface area contributed by atoms with Crippen molar-refractivity contribution in [2.45, 2.75) is 6.92 Å². The second-order valence-corrected chi connectivity index (χ2v) is 8.52. The molecule has 0 radical (unpaired) electrons. The SMILES string of the molecule is CC(/C=C1\SC(=S)N(CC(=O)NNC(=O)c2ccccc2[N+](=O)[O-])C1=O)=C\c1ccccc1. The first-order valence-electron chi connectivity index (χ1n) is 9.57. The van der Waals surface area contributed by atoms with Gasteiger partial charge in [-0.2, -0.15) is 0 Å². The average Bonchev–Trinajstić information content (AvgIpc) is 3.05. The lowest BCUT2D eigenvalue weighted by atomic mass is 10.1. The van der Waals surface area contributed by atoms with Crippen molar-refractivity contribution in [2.75, 3.05) is 6.54 Å². The summed E-state index contributed by atoms with van der Waals surface area (Å²) in [5, 5.41) is 11.0. The molecule has 1 saturated heterocycles. The number of nitro groups is 1. The molecule has 2 aromatic carbocycles. The molecule has 11 heteroatoms. The third-order valence-corrected chi connectivity index (χ3v) is 5.77. The number of amides is 3. The van der Waals surface area contributed by atoms with Gasteiger partial charge in [-0.25, -0.2) is 0 Å². The van der Waals surface area contributed by atoms with E-state index in [1.54, 1.807) is 6.08 Å². The van der Waals surface area contributed by atoms with Gasteiger partial charge in [0, 0.05) is 6.07 Å². The van der Waals surface area contributed by atoms with Crippen molar-refractivity contribution < 1.29 is 19.3 Å². The largest absolute Gasteiger partial charge is 0.283 e. The maximum atomic E-state index is 12.7. The van der Waals surface area contributed by atoms with E-state index in [2.05, 4.69) is 10.9 Å². The van der Waals surface area contributed by atoms with Crippen molar-refractivity contribution in [2.24, 2.45) is 0 Å². The number of hydrogen-bond donors (Lipinski definition) is 2. The highest BCUT2D eigenvalue weighted by Crippen LogP contribution is 2.31. The Hall–Kier alpha value is -3.83. The Morgan fingerprint density at radius 2 is 1.79 bits per heavy atom. The predicted octanol–water partition coefficient (Wildman–Crippen LogP) is 3.20. The summed E-state index contributed by atoms with van der Waals surface area (Å²) in [5.41, 5.74) is 5.47. The molecule has 1 aliphatic heterocycles. The first-order chi connectivity index (χ1) is 15.8. The van der Waals surface area contributed by atoms with Gasteiger partial charge in [0.1, 0.15) is 16.4 Å². The number of allylic oxidation sites excluding steroid dienone is 2. The van der Waals surface area contributed by atoms with E-state index in [-0.39, 0.29) is 9.88 Å². The molecule has 9 nitrogen and oxygen atoms in total. The highest BCUT2D eigenvalue weighted by Gasteiger charge is 2.33. The fraction of sp³-hybridized carbons (Fsp3) is 0.0909. The van der Waals surface area contributed by atoms with Gasteiger partial charge >= 0.3 is 0 Å². The number of nitrogens with zero attached hydrogens (tertiary/aromatic N) is 2. The van der Waals surface area contributed by atoms with Gasteiger partial charge in [-0.15, -0.1) is 0 Å². The number of para-hydroxylation sites is 1. The van der Waals surface area contributed by atoms with Crippen LogP contribution >= 0.6 is 24.0 Å². The molecule has 1 aliphatic rings. The summed E-state index contributed by atoms with van der Waals surface area (Å²) in [6.07, 6.45) is 3.61. The molecule has 0 bridgehead atoms. The van der Waals surface area contributed by atoms with Crippen molar-refractivity contribution in [3.8, 4) is 0 Å². The number of hydrazine groups is 1. The van der Waals surface area contributed by atoms with Gasteiger partial charge in [-0.05, 0) is 30.2 Å². The van der Waals surface area contributed by atoms with Crippen LogP contribution in [0.25, 0.3) is 6.08 Å². The maximum Gasteiger partial charge on any atom is 0.282 e. The summed E-state index contributed by atoms with van der Waals surface area (Å²) in [6, 6.07) is 14.9. The van der Waals surface area contributed by atoms with E-state index in [0.717, 1.165) is 27.8 Å². The van der Waals surface area contributed by atoms with Crippen molar-refractivity contribution in [1.82, 2.24) is 15.8 Å². The van der Waals surface area contributed by atoms with E-state index in [1.807, 2.05) is 43.3 Å². The number of hydrogen-bond acceptors (Lipinski definition) is 7. The number of carbonyl (C=O) groups is 3. The molecule has 3 rings (SSSR count). The number of rotatable bonds is 6. The molecule has 0 saturated carbocycles. The number of carbonyl (C=O) groups excluding carboxylic acids is 3. The summed E-state index contributed by atoms with van der Waals surface area (Å²) in [6.45, 7) is 1.44. The third kappa shape index (κ3) is 6.11. The molecule has 1 heterocycles. The van der Waals surface area contributed by atoms with E-state index in [1.165, 1.54) is 24.3 Å². The quantitative estimate of drug-likeness (QED) is 0.281. The fourth-order valence-corrected chi connectivity index (χ4v) is 4.20. The van der Waals surface area contributed by atoms with Gasteiger partial charge in [0.15, 0.2) is 0 Å². The Balaban J connectivity index is 1.61. The van der Waals surface area contributed by atoms with Gasteiger partial charge in [0.2, 0.25) is 0 Å². The molecule has 2 N–H and O–H groups in total. The van der Waals surface area contributed by atoms with Gasteiger partial charge in [0.25, 0.3) is 23.4 Å². The Kier molecular flexibility index (Phi) is 7.70. The van der Waals surface area contributed by atoms with Crippen molar-refractivity contribution in [3.05, 3.63) is 92.4 Å². The molecule has 1 fully saturated rings. The van der Waals surface area contributed by atoms with Crippen LogP contribution < -0.4 is 10.9 Å². The standard InChI is InChI=1S/C22H18N4O5S2/c1-14(11-15-7-3-2-4-8-15)12-18-21(29)25(22(32)33-18)13-19(27)23-24-20(28)16-9-5-6-10-17(16)26(30)31/h2-12H,13H2,1H3,(H,23,27)(H,24,28)/b14-11+,18-12-. The molecule has 0 aromatic heterocycles. The van der Waals surface area contributed by atoms with Gasteiger partial charge in [-0.1, -0.05) is 72.5 Å². The van der Waals surface area contributed by atoms with Crippen LogP contribution in [0, 0.1) is 10.1 Å². The Bertz CT molecular complexity index is 1190. The lowest BCUT2D eigenvalue weighted by Crippen LogP contribution is -2.47. The minimum atomic E-state index is -0.859. The molecule has 0 aliphatic carbocycles. The summed E-state index contributed by atoms with van der Waals surface area (Å²) in [4.78, 5) is 49.0. The highest BCUT2D eigenvalue weighted by atomic mass is 32.2. The Labute approximate surface area is 198 Å².